The van der Waals surface area contributed by atoms with Gasteiger partial charge in [0.15, 0.2) is 17.5 Å². The van der Waals surface area contributed by atoms with Crippen LogP contribution in [0, 0.1) is 17.5 Å². The minimum Gasteiger partial charge on any atom is -0.563 e. The Bertz CT molecular complexity index is 1150. The quantitative estimate of drug-likeness (QED) is 0.153. The van der Waals surface area contributed by atoms with Gasteiger partial charge >= 0.3 is 0 Å². The Kier molecular flexibility index (Phi) is 8.37. The van der Waals surface area contributed by atoms with Crippen molar-refractivity contribution in [1.82, 2.24) is 19.6 Å². The zero-order valence-electron chi connectivity index (χ0n) is 18.1. The van der Waals surface area contributed by atoms with Crippen molar-refractivity contribution in [2.24, 2.45) is 5.11 Å². The van der Waals surface area contributed by atoms with Gasteiger partial charge in [0.1, 0.15) is 11.2 Å². The molecule has 0 spiro atoms. The maximum atomic E-state index is 15.1. The molecular formula is C20H23F3N9ORh-. The van der Waals surface area contributed by atoms with E-state index in [-0.39, 0.29) is 48.3 Å². The maximum Gasteiger partial charge on any atom is 0.255 e. The molecule has 1 radical (unpaired) electrons. The number of rotatable bonds is 8. The third kappa shape index (κ3) is 5.44. The molecule has 0 aliphatic heterocycles. The largest absolute Gasteiger partial charge is 0.563 e. The zero-order valence-corrected chi connectivity index (χ0v) is 19.7. The minimum atomic E-state index is -2.64. The number of nitrogens with zero attached hydrogens (tertiary/aromatic N) is 5. The third-order valence-corrected chi connectivity index (χ3v) is 5.39. The number of pyridine rings is 1. The van der Waals surface area contributed by atoms with Crippen LogP contribution >= 0.6 is 0 Å². The van der Waals surface area contributed by atoms with Gasteiger partial charge in [0, 0.05) is 32.6 Å². The molecule has 0 amide bonds. The number of aromatic nitrogens is 4. The van der Waals surface area contributed by atoms with Crippen LogP contribution in [0.25, 0.3) is 16.8 Å². The van der Waals surface area contributed by atoms with E-state index < -0.39 is 18.8 Å². The van der Waals surface area contributed by atoms with Crippen LogP contribution in [0.1, 0.15) is 25.7 Å². The molecule has 0 bridgehead atoms. The molecule has 4 rings (SSSR count). The number of halogens is 3. The van der Waals surface area contributed by atoms with E-state index in [0.717, 1.165) is 12.8 Å². The zero-order chi connectivity index (χ0) is 23.5. The maximum absolute atomic E-state index is 15.1. The van der Waals surface area contributed by atoms with Crippen LogP contribution in [0.4, 0.5) is 36.4 Å². The summed E-state index contributed by atoms with van der Waals surface area (Å²) in [5.74, 6) is -0.0349. The molecule has 5 N–H and O–H groups in total. The van der Waals surface area contributed by atoms with Crippen LogP contribution in [0.3, 0.4) is 0 Å². The number of aliphatic hydroxyl groups excluding tert-OH is 1. The van der Waals surface area contributed by atoms with Gasteiger partial charge in [-0.15, -0.1) is 5.10 Å². The van der Waals surface area contributed by atoms with Gasteiger partial charge < -0.3 is 21.1 Å². The topological polar surface area (TPSA) is 136 Å². The number of anilines is 3. The Balaban J connectivity index is 0.00000324. The Morgan fingerprint density at radius 2 is 2.00 bits per heavy atom. The van der Waals surface area contributed by atoms with Crippen LogP contribution in [0.2, 0.25) is 0 Å². The Labute approximate surface area is 206 Å². The van der Waals surface area contributed by atoms with E-state index in [2.05, 4.69) is 36.1 Å². The second kappa shape index (κ2) is 11.0. The van der Waals surface area contributed by atoms with Crippen molar-refractivity contribution in [3.63, 3.8) is 0 Å². The molecule has 3 heterocycles. The van der Waals surface area contributed by atoms with Gasteiger partial charge in [-0.05, 0) is 12.1 Å². The van der Waals surface area contributed by atoms with Gasteiger partial charge in [0.25, 0.3) is 6.43 Å². The molecule has 1 aliphatic carbocycles. The summed E-state index contributed by atoms with van der Waals surface area (Å²) in [6, 6.07) is 2.93. The normalized spacial score (nSPS) is 14.8. The first-order valence-electron chi connectivity index (χ1n) is 10.4. The number of hydrogen-bond acceptors (Lipinski definition) is 9. The van der Waals surface area contributed by atoms with Gasteiger partial charge in [-0.25, -0.2) is 28.2 Å². The molecule has 1 fully saturated rings. The fraction of sp³-hybridized carbons (Fsp3) is 0.400. The van der Waals surface area contributed by atoms with Crippen molar-refractivity contribution < 1.29 is 37.8 Å². The summed E-state index contributed by atoms with van der Waals surface area (Å²) in [7, 11) is 1.64. The monoisotopic (exact) mass is 565 g/mol. The van der Waals surface area contributed by atoms with Crippen LogP contribution in [-0.2, 0) is 19.5 Å². The Hall–Kier alpha value is -2.86. The molecule has 0 atom stereocenters. The summed E-state index contributed by atoms with van der Waals surface area (Å²) < 4.78 is 41.7. The first-order chi connectivity index (χ1) is 15.9. The summed E-state index contributed by atoms with van der Waals surface area (Å²) in [4.78, 5) is 8.70. The summed E-state index contributed by atoms with van der Waals surface area (Å²) in [5.41, 5.74) is 7.82. The predicted molar refractivity (Wildman–Crippen MR) is 116 cm³/mol. The van der Waals surface area contributed by atoms with Gasteiger partial charge in [-0.1, -0.05) is 12.8 Å². The van der Waals surface area contributed by atoms with Crippen LogP contribution in [0.5, 0.6) is 0 Å². The van der Waals surface area contributed by atoms with Gasteiger partial charge in [0.05, 0.1) is 24.0 Å². The molecule has 1 aliphatic rings. The van der Waals surface area contributed by atoms with Crippen molar-refractivity contribution in [2.45, 2.75) is 38.2 Å². The van der Waals surface area contributed by atoms with Crippen molar-refractivity contribution in [2.75, 3.05) is 29.5 Å². The van der Waals surface area contributed by atoms with E-state index in [0.29, 0.717) is 36.2 Å². The standard InChI is InChI=1S/C20H23F3N9O.Rh/c1-25-19-17-16(13-6-7-14(30-24)18(28-13)26-8-15(22)23)12(21)9-32(17)31-20(29-19)27-10-2-4-11(33)5-3-10;/h6-7,9-10,15,24,33H,2-5,8H2,1H3,(H,26,28)(H2,25,27,29,31);/q-1;. The average Bonchev–Trinajstić information content (AvgIpc) is 3.14. The van der Waals surface area contributed by atoms with E-state index in [1.807, 2.05) is 0 Å². The van der Waals surface area contributed by atoms with Crippen LogP contribution < -0.4 is 16.0 Å². The summed E-state index contributed by atoms with van der Waals surface area (Å²) in [6.45, 7) is -0.686. The number of aliphatic hydroxyl groups is 1. The first-order valence-corrected chi connectivity index (χ1v) is 10.4. The van der Waals surface area contributed by atoms with E-state index in [1.165, 1.54) is 22.8 Å². The van der Waals surface area contributed by atoms with Gasteiger partial charge in [0.2, 0.25) is 5.95 Å². The average molecular weight is 565 g/mol. The number of alkyl halides is 2. The predicted octanol–water partition coefficient (Wildman–Crippen LogP) is 4.57. The van der Waals surface area contributed by atoms with E-state index in [1.54, 1.807) is 7.05 Å². The Morgan fingerprint density at radius 1 is 1.26 bits per heavy atom. The molecule has 3 aromatic heterocycles. The van der Waals surface area contributed by atoms with Crippen molar-refractivity contribution in [3.8, 4) is 11.3 Å². The molecule has 185 valence electrons. The first kappa shape index (κ1) is 25.8. The molecule has 1 saturated carbocycles. The second-order valence-electron chi connectivity index (χ2n) is 7.61. The molecule has 0 saturated heterocycles. The molecular weight excluding hydrogens is 542 g/mol. The van der Waals surface area contributed by atoms with Crippen molar-refractivity contribution in [3.05, 3.63) is 30.3 Å². The summed E-state index contributed by atoms with van der Waals surface area (Å²) in [5, 5.41) is 25.9. The van der Waals surface area contributed by atoms with E-state index >= 15 is 4.39 Å². The molecule has 14 heteroatoms. The van der Waals surface area contributed by atoms with E-state index in [9.17, 15) is 13.9 Å². The van der Waals surface area contributed by atoms with Gasteiger partial charge in [-0.3, -0.25) is 0 Å². The van der Waals surface area contributed by atoms with Crippen molar-refractivity contribution >= 4 is 28.8 Å². The number of nitrogens with one attached hydrogen (secondary N) is 4. The van der Waals surface area contributed by atoms with Crippen LogP contribution in [-0.4, -0.2) is 50.7 Å². The minimum absolute atomic E-state index is 0. The fourth-order valence-corrected chi connectivity index (χ4v) is 3.80. The smallest absolute Gasteiger partial charge is 0.255 e. The summed E-state index contributed by atoms with van der Waals surface area (Å²) >= 11 is 0. The van der Waals surface area contributed by atoms with Gasteiger partial charge in [-0.2, -0.15) is 29.0 Å². The fourth-order valence-electron chi connectivity index (χ4n) is 3.80. The number of fused-ring (bicyclic) bond motifs is 1. The molecule has 34 heavy (non-hydrogen) atoms. The Morgan fingerprint density at radius 3 is 2.65 bits per heavy atom. The summed E-state index contributed by atoms with van der Waals surface area (Å²) in [6.07, 6.45) is 1.72. The second-order valence-corrected chi connectivity index (χ2v) is 7.61. The number of hydrogen-bond donors (Lipinski definition) is 5. The SMILES string of the molecule is CNc1nc(NC2CC[C-](O)CC2)nn2cc(F)c(-c3ccc(N=N)c(NCC(F)F)n3)c12.[Rh]. The van der Waals surface area contributed by atoms with E-state index in [4.69, 9.17) is 5.53 Å². The molecule has 0 aromatic carbocycles. The molecule has 3 aromatic rings. The molecule has 10 nitrogen and oxygen atoms in total. The van der Waals surface area contributed by atoms with Crippen LogP contribution in [0.15, 0.2) is 23.4 Å². The molecule has 0 unspecified atom stereocenters. The van der Waals surface area contributed by atoms with Crippen molar-refractivity contribution in [1.29, 1.82) is 5.53 Å². The third-order valence-electron chi connectivity index (χ3n) is 5.39.